The number of ether oxygens (including phenoxy) is 1. The van der Waals surface area contributed by atoms with E-state index in [1.54, 1.807) is 47.9 Å². The number of likely N-dealkylation sites (tertiary alicyclic amines) is 1. The summed E-state index contributed by atoms with van der Waals surface area (Å²) in [6.45, 7) is 10.3. The summed E-state index contributed by atoms with van der Waals surface area (Å²) in [6.07, 6.45) is 5.61. The number of carbonyl (C=O) groups is 2. The van der Waals surface area contributed by atoms with Crippen LogP contribution in [0, 0.1) is 5.92 Å². The topological polar surface area (TPSA) is 106 Å². The van der Waals surface area contributed by atoms with Crippen LogP contribution < -0.4 is 0 Å². The van der Waals surface area contributed by atoms with Gasteiger partial charge in [-0.05, 0) is 41.2 Å². The van der Waals surface area contributed by atoms with Crippen molar-refractivity contribution in [3.63, 3.8) is 0 Å². The second-order valence-corrected chi connectivity index (χ2v) is 12.0. The van der Waals surface area contributed by atoms with E-state index in [2.05, 4.69) is 51.7 Å². The second-order valence-electron chi connectivity index (χ2n) is 11.2. The highest BCUT2D eigenvalue weighted by Crippen LogP contribution is 2.54. The van der Waals surface area contributed by atoms with Crippen molar-refractivity contribution in [2.45, 2.75) is 70.6 Å². The van der Waals surface area contributed by atoms with E-state index in [4.69, 9.17) is 4.74 Å². The van der Waals surface area contributed by atoms with E-state index in [-0.39, 0.29) is 23.7 Å². The average Bonchev–Trinajstić information content (AvgIpc) is 3.16. The summed E-state index contributed by atoms with van der Waals surface area (Å²) in [4.78, 5) is 41.6. The Morgan fingerprint density at radius 1 is 1.13 bits per heavy atom. The molecule has 9 heteroatoms. The van der Waals surface area contributed by atoms with Gasteiger partial charge in [-0.3, -0.25) is 24.6 Å². The number of rotatable bonds is 6. The molecular weight excluding hydrogens is 548 g/mol. The predicted molar refractivity (Wildman–Crippen MR) is 147 cm³/mol. The number of hydrogen-bond acceptors (Lipinski definition) is 6. The van der Waals surface area contributed by atoms with Crippen LogP contribution in [-0.4, -0.2) is 42.7 Å². The molecule has 1 fully saturated rings. The molecule has 3 aromatic rings. The zero-order valence-corrected chi connectivity index (χ0v) is 23.8. The number of pyridine rings is 1. The molecule has 0 unspecified atom stereocenters. The summed E-state index contributed by atoms with van der Waals surface area (Å²) in [7, 11) is 0. The average molecular weight is 582 g/mol. The zero-order chi connectivity index (χ0) is 27.7. The van der Waals surface area contributed by atoms with Gasteiger partial charge in [0.15, 0.2) is 5.72 Å². The van der Waals surface area contributed by atoms with Gasteiger partial charge in [0.2, 0.25) is 0 Å². The van der Waals surface area contributed by atoms with Crippen molar-refractivity contribution < 1.29 is 19.4 Å². The predicted octanol–water partition coefficient (Wildman–Crippen LogP) is 6.74. The quantitative estimate of drug-likeness (QED) is 0.322. The van der Waals surface area contributed by atoms with E-state index < -0.39 is 23.8 Å². The molecule has 38 heavy (non-hydrogen) atoms. The normalized spacial score (nSPS) is 21.5. The minimum atomic E-state index is -1.44. The Bertz CT molecular complexity index is 1300. The number of carboxylic acid groups (broad SMARTS) is 1. The van der Waals surface area contributed by atoms with Gasteiger partial charge in [0.05, 0.1) is 17.4 Å². The van der Waals surface area contributed by atoms with E-state index in [0.717, 1.165) is 10.0 Å². The fourth-order valence-corrected chi connectivity index (χ4v) is 6.44. The van der Waals surface area contributed by atoms with Crippen molar-refractivity contribution in [2.75, 3.05) is 0 Å². The summed E-state index contributed by atoms with van der Waals surface area (Å²) in [6, 6.07) is 10.4. The Balaban J connectivity index is 1.94. The highest BCUT2D eigenvalue weighted by molar-refractivity contribution is 9.10. The summed E-state index contributed by atoms with van der Waals surface area (Å²) in [5, 5.41) is 9.89. The van der Waals surface area contributed by atoms with Crippen molar-refractivity contribution in [2.24, 2.45) is 5.92 Å². The van der Waals surface area contributed by atoms with Gasteiger partial charge in [-0.1, -0.05) is 62.7 Å². The Morgan fingerprint density at radius 2 is 1.87 bits per heavy atom. The summed E-state index contributed by atoms with van der Waals surface area (Å²) >= 11 is 3.65. The van der Waals surface area contributed by atoms with Gasteiger partial charge in [0.1, 0.15) is 0 Å². The van der Waals surface area contributed by atoms with E-state index in [0.29, 0.717) is 23.4 Å². The van der Waals surface area contributed by atoms with Gasteiger partial charge in [-0.15, -0.1) is 0 Å². The molecule has 1 aliphatic heterocycles. The first-order chi connectivity index (χ1) is 17.9. The van der Waals surface area contributed by atoms with Crippen LogP contribution in [0.3, 0.4) is 0 Å². The molecule has 0 spiro atoms. The monoisotopic (exact) mass is 580 g/mol. The molecule has 0 aliphatic carbocycles. The number of benzene rings is 1. The van der Waals surface area contributed by atoms with Crippen molar-refractivity contribution in [3.05, 3.63) is 88.2 Å². The molecule has 0 saturated carbocycles. The molecule has 1 aromatic carbocycles. The summed E-state index contributed by atoms with van der Waals surface area (Å²) in [5.41, 5.74) is 1.19. The first-order valence-electron chi connectivity index (χ1n) is 12.7. The third-order valence-electron chi connectivity index (χ3n) is 6.84. The molecule has 1 aliphatic rings. The van der Waals surface area contributed by atoms with Crippen molar-refractivity contribution >= 4 is 28.0 Å². The van der Waals surface area contributed by atoms with Crippen LogP contribution in [-0.2, 0) is 10.2 Å². The van der Waals surface area contributed by atoms with E-state index >= 15 is 0 Å². The zero-order valence-electron chi connectivity index (χ0n) is 22.3. The lowest BCUT2D eigenvalue weighted by Gasteiger charge is -2.40. The number of carbonyl (C=O) groups excluding carboxylic acids is 1. The van der Waals surface area contributed by atoms with Crippen molar-refractivity contribution in [1.82, 2.24) is 19.9 Å². The van der Waals surface area contributed by atoms with E-state index in [1.807, 2.05) is 32.0 Å². The van der Waals surface area contributed by atoms with Crippen molar-refractivity contribution in [3.8, 4) is 0 Å². The first kappa shape index (κ1) is 27.7. The van der Waals surface area contributed by atoms with E-state index in [1.165, 1.54) is 0 Å². The molecule has 3 atom stereocenters. The smallest absolute Gasteiger partial charge is 0.450 e. The van der Waals surface area contributed by atoms with Crippen LogP contribution >= 0.6 is 15.9 Å². The molecule has 1 amide bonds. The molecular formula is C29H33BrN4O4. The lowest BCUT2D eigenvalue weighted by molar-refractivity contribution is -0.108. The first-order valence-corrected chi connectivity index (χ1v) is 13.4. The number of amides is 1. The summed E-state index contributed by atoms with van der Waals surface area (Å²) in [5.74, 6) is -0.697. The fourth-order valence-electron chi connectivity index (χ4n) is 5.47. The minimum Gasteiger partial charge on any atom is -0.450 e. The lowest BCUT2D eigenvalue weighted by Crippen LogP contribution is -2.52. The van der Waals surface area contributed by atoms with Crippen LogP contribution in [0.5, 0.6) is 0 Å². The Labute approximate surface area is 231 Å². The molecule has 3 heterocycles. The van der Waals surface area contributed by atoms with Crippen LogP contribution in [0.1, 0.15) is 86.7 Å². The molecule has 4 rings (SSSR count). The van der Waals surface area contributed by atoms with Gasteiger partial charge in [0.25, 0.3) is 5.91 Å². The molecule has 1 saturated heterocycles. The third kappa shape index (κ3) is 5.57. The maximum atomic E-state index is 14.5. The fraction of sp³-hybridized carbons (Fsp3) is 0.414. The molecule has 200 valence electrons. The van der Waals surface area contributed by atoms with Crippen LogP contribution in [0.4, 0.5) is 4.79 Å². The van der Waals surface area contributed by atoms with Crippen LogP contribution in [0.2, 0.25) is 0 Å². The number of nitrogens with zero attached hydrogens (tertiary/aromatic N) is 4. The Kier molecular flexibility index (Phi) is 7.88. The second kappa shape index (κ2) is 10.8. The minimum absolute atomic E-state index is 0.0321. The Hall–Kier alpha value is -3.33. The van der Waals surface area contributed by atoms with Crippen LogP contribution in [0.15, 0.2) is 65.7 Å². The highest BCUT2D eigenvalue weighted by Gasteiger charge is 2.58. The molecule has 0 radical (unpaired) electrons. The number of aromatic nitrogens is 3. The van der Waals surface area contributed by atoms with Crippen molar-refractivity contribution in [1.29, 1.82) is 0 Å². The lowest BCUT2D eigenvalue weighted by atomic mass is 9.86. The third-order valence-corrected chi connectivity index (χ3v) is 7.49. The number of hydrogen-bond donors (Lipinski definition) is 1. The van der Waals surface area contributed by atoms with Gasteiger partial charge in [-0.25, -0.2) is 4.79 Å². The maximum absolute atomic E-state index is 14.5. The van der Waals surface area contributed by atoms with Gasteiger partial charge in [-0.2, -0.15) is 0 Å². The molecule has 0 bridgehead atoms. The van der Waals surface area contributed by atoms with Gasteiger partial charge < -0.3 is 9.84 Å². The van der Waals surface area contributed by atoms with Gasteiger partial charge >= 0.3 is 6.16 Å². The SMILES string of the molecule is CC(C)C[C@]1(OC(=O)O)C[C@H](c2cnccn2)[C@H](c2ccccn2)N1C(=O)c1ccc(C(C)(C)C)c(Br)c1. The van der Waals surface area contributed by atoms with E-state index in [9.17, 15) is 14.7 Å². The number of halogens is 1. The van der Waals surface area contributed by atoms with Gasteiger partial charge in [0, 0.05) is 53.6 Å². The largest absolute Gasteiger partial charge is 0.507 e. The highest BCUT2D eigenvalue weighted by atomic mass is 79.9. The standard InChI is InChI=1S/C29H33BrN4O4/c1-18(2)15-29(38-27(36)37)16-20(24-17-31-12-13-33-24)25(23-8-6-7-11-32-23)34(29)26(35)19-9-10-21(22(30)14-19)28(3,4)5/h6-14,17-18,20,25H,15-16H2,1-5H3,(H,36,37)/t20-,25-,29+/m1/s1. The molecule has 2 aromatic heterocycles. The molecule has 1 N–H and O–H groups in total. The summed E-state index contributed by atoms with van der Waals surface area (Å²) < 4.78 is 6.52. The Morgan fingerprint density at radius 3 is 2.42 bits per heavy atom. The maximum Gasteiger partial charge on any atom is 0.507 e. The van der Waals surface area contributed by atoms with Crippen LogP contribution in [0.25, 0.3) is 0 Å². The molecule has 8 nitrogen and oxygen atoms in total.